The zero-order chi connectivity index (χ0) is 44.7. The summed E-state index contributed by atoms with van der Waals surface area (Å²) in [5.74, 6) is -27.0. The molecule has 0 atom stereocenters. The van der Waals surface area contributed by atoms with E-state index < -0.39 is 134 Å². The van der Waals surface area contributed by atoms with Crippen LogP contribution in [0, 0.1) is 58.2 Å². The molecule has 0 bridgehead atoms. The van der Waals surface area contributed by atoms with Crippen molar-refractivity contribution in [3.63, 3.8) is 0 Å². The van der Waals surface area contributed by atoms with E-state index in [2.05, 4.69) is 0 Å². The molecule has 0 radical (unpaired) electrons. The van der Waals surface area contributed by atoms with Crippen LogP contribution in [0.15, 0.2) is 19.6 Å². The molecule has 2 aromatic carbocycles. The van der Waals surface area contributed by atoms with Crippen molar-refractivity contribution in [2.75, 3.05) is 0 Å². The van der Waals surface area contributed by atoms with Gasteiger partial charge in [-0.2, -0.15) is 0 Å². The molecule has 334 valence electrons. The van der Waals surface area contributed by atoms with E-state index in [1.54, 1.807) is 0 Å². The molecule has 0 aliphatic carbocycles. The summed E-state index contributed by atoms with van der Waals surface area (Å²) in [6.07, 6.45) is 6.45. The van der Waals surface area contributed by atoms with E-state index in [0.29, 0.717) is 104 Å². The molecule has 3 rings (SSSR count). The molecule has 1 aromatic heterocycles. The van der Waals surface area contributed by atoms with Crippen LogP contribution in [-0.2, 0) is 19.7 Å². The molecule has 19 heteroatoms. The van der Waals surface area contributed by atoms with Gasteiger partial charge in [0.2, 0.25) is 0 Å². The predicted molar refractivity (Wildman–Crippen MR) is 217 cm³/mol. The normalized spacial score (nSPS) is 12.9. The Morgan fingerprint density at radius 3 is 0.712 bits per heavy atom. The first kappa shape index (κ1) is 52.3. The number of sulfone groups is 2. The van der Waals surface area contributed by atoms with Crippen LogP contribution in [0.1, 0.15) is 119 Å². The van der Waals surface area contributed by atoms with Crippen LogP contribution in [0.3, 0.4) is 0 Å². The van der Waals surface area contributed by atoms with Crippen LogP contribution in [0.25, 0.3) is 0 Å². The van der Waals surface area contributed by atoms with Crippen molar-refractivity contribution in [1.29, 1.82) is 0 Å². The summed E-state index contributed by atoms with van der Waals surface area (Å²) in [5, 5.41) is 0. The van der Waals surface area contributed by atoms with Crippen LogP contribution in [0.4, 0.5) is 43.9 Å². The van der Waals surface area contributed by atoms with Gasteiger partial charge in [0.1, 0.15) is 0 Å². The van der Waals surface area contributed by atoms with Gasteiger partial charge in [0.15, 0.2) is 0 Å². The molecule has 1 heterocycles. The Morgan fingerprint density at radius 2 is 0.525 bits per heavy atom. The number of thiophene rings is 1. The van der Waals surface area contributed by atoms with Crippen LogP contribution >= 0.6 is 11.3 Å². The molecule has 0 aliphatic heterocycles. The minimum atomic E-state index is -6.21. The fourth-order valence-corrected chi connectivity index (χ4v) is 60.6. The summed E-state index contributed by atoms with van der Waals surface area (Å²) >= 11 is -8.43. The van der Waals surface area contributed by atoms with Crippen molar-refractivity contribution in [2.24, 2.45) is 0 Å². The molecular weight excluding hydrogens is 1070 g/mol. The Kier molecular flexibility index (Phi) is 19.5. The van der Waals surface area contributed by atoms with Gasteiger partial charge in [0, 0.05) is 0 Å². The number of unbranched alkanes of at least 4 members (excludes halogenated alkanes) is 6. The molecule has 59 heavy (non-hydrogen) atoms. The maximum atomic E-state index is 15.9. The maximum absolute atomic E-state index is 15.9. The molecule has 0 saturated carbocycles. The van der Waals surface area contributed by atoms with Gasteiger partial charge in [-0.15, -0.1) is 0 Å². The molecule has 0 fully saturated rings. The quantitative estimate of drug-likeness (QED) is 0.0295. The van der Waals surface area contributed by atoms with Crippen molar-refractivity contribution in [3.05, 3.63) is 58.2 Å². The Balaban J connectivity index is 3.00. The third kappa shape index (κ3) is 10.3. The Morgan fingerprint density at radius 1 is 0.339 bits per heavy atom. The molecule has 4 nitrogen and oxygen atoms in total. The van der Waals surface area contributed by atoms with E-state index in [1.165, 1.54) is 0 Å². The molecular formula is C40H54F10O4S3Sn2. The van der Waals surface area contributed by atoms with Gasteiger partial charge in [-0.3, -0.25) is 0 Å². The predicted octanol–water partition coefficient (Wildman–Crippen LogP) is 12.9. The minimum absolute atomic E-state index is 0.0818. The number of hydrogen-bond acceptors (Lipinski definition) is 5. The van der Waals surface area contributed by atoms with Crippen LogP contribution in [0.5, 0.6) is 0 Å². The van der Waals surface area contributed by atoms with E-state index in [-0.39, 0.29) is 5.79 Å². The summed E-state index contributed by atoms with van der Waals surface area (Å²) in [4.78, 5) is -7.39. The van der Waals surface area contributed by atoms with Crippen molar-refractivity contribution in [3.8, 4) is 0 Å². The van der Waals surface area contributed by atoms with E-state index in [1.807, 2.05) is 41.5 Å². The Hall–Kier alpha value is -1.06. The fourth-order valence-electron chi connectivity index (χ4n) is 7.96. The van der Waals surface area contributed by atoms with Crippen LogP contribution in [-0.4, -0.2) is 53.6 Å². The second-order valence-corrected chi connectivity index (χ2v) is 48.2. The molecule has 0 aliphatic rings. The van der Waals surface area contributed by atoms with E-state index in [4.69, 9.17) is 0 Å². The van der Waals surface area contributed by atoms with E-state index >= 15 is 52.0 Å². The summed E-state index contributed by atoms with van der Waals surface area (Å²) < 4.78 is 216. The van der Waals surface area contributed by atoms with Gasteiger partial charge >= 0.3 is 357 Å². The van der Waals surface area contributed by atoms with Crippen molar-refractivity contribution >= 4 is 73.6 Å². The van der Waals surface area contributed by atoms with Crippen LogP contribution < -0.4 is 5.79 Å². The third-order valence-corrected chi connectivity index (χ3v) is 54.1. The Bertz CT molecular complexity index is 1930. The average molecular weight is 1120 g/mol. The van der Waals surface area contributed by atoms with Gasteiger partial charge in [-0.1, -0.05) is 0 Å². The van der Waals surface area contributed by atoms with E-state index in [0.717, 1.165) is 11.3 Å². The number of benzene rings is 2. The fraction of sp³-hybridized carbons (Fsp3) is 0.600. The van der Waals surface area contributed by atoms with Gasteiger partial charge in [0.05, 0.1) is 0 Å². The summed E-state index contributed by atoms with van der Waals surface area (Å²) in [5.41, 5.74) is 0. The number of halogens is 10. The number of hydrogen-bond donors (Lipinski definition) is 0. The van der Waals surface area contributed by atoms with Crippen molar-refractivity contribution < 1.29 is 60.7 Å². The molecule has 0 spiro atoms. The van der Waals surface area contributed by atoms with Crippen molar-refractivity contribution in [1.82, 2.24) is 0 Å². The summed E-state index contributed by atoms with van der Waals surface area (Å²) in [6, 6.07) is 0. The van der Waals surface area contributed by atoms with Crippen LogP contribution in [0.2, 0.25) is 26.6 Å². The monoisotopic (exact) mass is 1120 g/mol. The first-order valence-corrected chi connectivity index (χ1v) is 39.1. The molecule has 0 N–H and O–H groups in total. The first-order valence-electron chi connectivity index (χ1n) is 20.4. The van der Waals surface area contributed by atoms with Gasteiger partial charge in [-0.05, 0) is 0 Å². The number of rotatable bonds is 24. The topological polar surface area (TPSA) is 68.3 Å². The van der Waals surface area contributed by atoms with Gasteiger partial charge in [-0.25, -0.2) is 0 Å². The second kappa shape index (κ2) is 22.0. The zero-order valence-electron chi connectivity index (χ0n) is 34.4. The average Bonchev–Trinajstić information content (AvgIpc) is 3.64. The second-order valence-electron chi connectivity index (χ2n) is 15.4. The third-order valence-electron chi connectivity index (χ3n) is 11.3. The molecule has 0 saturated heterocycles. The first-order chi connectivity index (χ1) is 27.7. The molecule has 0 amide bonds. The van der Waals surface area contributed by atoms with Crippen molar-refractivity contribution in [2.45, 2.75) is 165 Å². The zero-order valence-corrected chi connectivity index (χ0v) is 42.5. The molecule has 0 unspecified atom stereocenters. The van der Waals surface area contributed by atoms with Gasteiger partial charge in [0.25, 0.3) is 0 Å². The van der Waals surface area contributed by atoms with Gasteiger partial charge < -0.3 is 0 Å². The molecule has 3 aromatic rings. The van der Waals surface area contributed by atoms with E-state index in [9.17, 15) is 8.78 Å². The summed E-state index contributed by atoms with van der Waals surface area (Å²) in [6.45, 7) is 11.2. The Labute approximate surface area is 354 Å². The summed E-state index contributed by atoms with van der Waals surface area (Å²) in [7, 11) is -12.4. The SMILES string of the molecule is CCC[CH2][Sn]([CH2]CCC)([CH2]CCC)[c]1s[c]([Sn]([CH2]CCC)([CH2]CCC)[CH2]CCC)c(S(=O)(=O)c2c(F)c(F)c(F)c(F)c2F)c1S(=O)(=O)c1c(F)c(F)c(F)c(F)c1F. The standard InChI is InChI=1S/C16F10O4S3.6C4H9.2Sn/c17-5-7(19)11(23)15(12(24)8(5)20)32(27,28)3-1-31-2-4(3)33(29,30)16-13(25)9(21)6(18)10(22)14(16)26;6*1-3-4-2;;/h;6*1,3-4H2,2H3;;.